The number of phenolic OH excluding ortho intramolecular Hbond substituents is 1. The molecule has 3 aromatic rings. The predicted octanol–water partition coefficient (Wildman–Crippen LogP) is 9.06. The van der Waals surface area contributed by atoms with Crippen LogP contribution in [0.3, 0.4) is 0 Å². The third kappa shape index (κ3) is 4.33. The van der Waals surface area contributed by atoms with Gasteiger partial charge in [-0.1, -0.05) is 36.4 Å². The number of benzene rings is 3. The molecule has 260 valence electrons. The van der Waals surface area contributed by atoms with Gasteiger partial charge >= 0.3 is 56.6 Å². The Morgan fingerprint density at radius 2 is 0.872 bits per heavy atom. The largest absolute Gasteiger partial charge is 0.508 e. The summed E-state index contributed by atoms with van der Waals surface area (Å²) < 4.78 is 250. The van der Waals surface area contributed by atoms with E-state index in [2.05, 4.69) is 3.63 Å². The summed E-state index contributed by atoms with van der Waals surface area (Å²) in [5.41, 5.74) is -8.69. The van der Waals surface area contributed by atoms with E-state index >= 15 is 22.0 Å². The average molecular weight is 741 g/mol. The number of halogens is 15. The first-order chi connectivity index (χ1) is 21.2. The molecule has 0 spiro atoms. The third-order valence-electron chi connectivity index (χ3n) is 7.11. The molecule has 0 aromatic heterocycles. The molecule has 1 aliphatic carbocycles. The molecule has 0 unspecified atom stereocenters. The highest BCUT2D eigenvalue weighted by atomic mass is 32.3. The first-order valence-corrected chi connectivity index (χ1v) is 15.2. The van der Waals surface area contributed by atoms with Crippen LogP contribution in [0, 0.1) is 0 Å². The summed E-state index contributed by atoms with van der Waals surface area (Å²) in [5.74, 6) is -42.9. The van der Waals surface area contributed by atoms with Gasteiger partial charge in [-0.15, -0.1) is 0 Å². The summed E-state index contributed by atoms with van der Waals surface area (Å²) in [6, 6.07) is 13.1. The second kappa shape index (κ2) is 10.6. The Balaban J connectivity index is 2.13. The molecule has 1 fully saturated rings. The van der Waals surface area contributed by atoms with E-state index in [4.69, 9.17) is 0 Å². The lowest BCUT2D eigenvalue weighted by molar-refractivity contribution is -0.493. The molecule has 3 aromatic carbocycles. The highest BCUT2D eigenvalue weighted by molar-refractivity contribution is 8.33. The Kier molecular flexibility index (Phi) is 8.22. The van der Waals surface area contributed by atoms with E-state index in [9.17, 15) is 57.4 Å². The number of phenols is 1. The fourth-order valence-electron chi connectivity index (χ4n) is 4.70. The van der Waals surface area contributed by atoms with Crippen molar-refractivity contribution in [3.05, 3.63) is 84.9 Å². The lowest BCUT2D eigenvalue weighted by atomic mass is 9.69. The van der Waals surface area contributed by atoms with Crippen LogP contribution in [0.4, 0.5) is 65.9 Å². The van der Waals surface area contributed by atoms with E-state index < -0.39 is 87.3 Å². The molecule has 0 radical (unpaired) electrons. The summed E-state index contributed by atoms with van der Waals surface area (Å²) in [5, 5.41) is 1.75. The monoisotopic (exact) mass is 740 g/mol. The smallest absolute Gasteiger partial charge is 0.457 e. The zero-order valence-electron chi connectivity index (χ0n) is 22.2. The summed E-state index contributed by atoms with van der Waals surface area (Å²) in [4.78, 5) is -1.88. The maximum absolute atomic E-state index is 16.2. The van der Waals surface area contributed by atoms with E-state index in [-0.39, 0.29) is 0 Å². The van der Waals surface area contributed by atoms with E-state index in [1.165, 1.54) is 12.1 Å². The summed E-state index contributed by atoms with van der Waals surface area (Å²) in [6.07, 6.45) is -8.02. The van der Waals surface area contributed by atoms with Crippen LogP contribution in [-0.2, 0) is 13.7 Å². The molecule has 4 nitrogen and oxygen atoms in total. The SMILES string of the molecule is O=S(=O)(OS(c1ccccc1)(c1ccccc1)c1ccc(O)cc1)C1(F)C(F)(F)C(F)(F)C(F)(C(F)(F)C(F)(F)F)C(F)(F)C1(F)F. The molecule has 21 heteroatoms. The van der Waals surface area contributed by atoms with Crippen LogP contribution in [0.25, 0.3) is 0 Å². The van der Waals surface area contributed by atoms with Gasteiger partial charge in [0.05, 0.1) is 0 Å². The van der Waals surface area contributed by atoms with Gasteiger partial charge in [-0.3, -0.25) is 0 Å². The summed E-state index contributed by atoms with van der Waals surface area (Å²) in [7, 11) is -12.9. The second-order valence-corrected chi connectivity index (χ2v) is 14.4. The van der Waals surface area contributed by atoms with Crippen molar-refractivity contribution in [3.8, 4) is 5.75 Å². The molecule has 0 amide bonds. The van der Waals surface area contributed by atoms with Gasteiger partial charge in [0, 0.05) is 14.7 Å². The Labute approximate surface area is 255 Å². The minimum Gasteiger partial charge on any atom is -0.508 e. The molecule has 0 heterocycles. The highest BCUT2D eigenvalue weighted by Crippen LogP contribution is 2.77. The van der Waals surface area contributed by atoms with E-state index in [0.717, 1.165) is 72.8 Å². The molecule has 1 saturated carbocycles. The Hall–Kier alpha value is -3.33. The fraction of sp³-hybridized carbons (Fsp3) is 0.308. The van der Waals surface area contributed by atoms with Crippen LogP contribution in [0.1, 0.15) is 0 Å². The molecule has 0 bridgehead atoms. The zero-order valence-corrected chi connectivity index (χ0v) is 23.9. The first-order valence-electron chi connectivity index (χ1n) is 12.2. The number of rotatable bonds is 7. The maximum atomic E-state index is 16.2. The zero-order chi connectivity index (χ0) is 35.9. The van der Waals surface area contributed by atoms with Crippen molar-refractivity contribution in [1.82, 2.24) is 0 Å². The maximum Gasteiger partial charge on any atom is 0.457 e. The predicted molar refractivity (Wildman–Crippen MR) is 132 cm³/mol. The molecular formula is C26H15F15O4S2. The molecule has 0 atom stereocenters. The summed E-state index contributed by atoms with van der Waals surface area (Å²) >= 11 is 0. The van der Waals surface area contributed by atoms with Gasteiger partial charge in [-0.25, -0.2) is 12.4 Å². The fourth-order valence-corrected chi connectivity index (χ4v) is 10.4. The van der Waals surface area contributed by atoms with Gasteiger partial charge < -0.3 is 5.11 Å². The van der Waals surface area contributed by atoms with E-state index in [1.807, 2.05) is 0 Å². The minimum atomic E-state index is -8.69. The molecule has 0 aliphatic heterocycles. The molecule has 0 saturated heterocycles. The number of aromatic hydroxyl groups is 1. The van der Waals surface area contributed by atoms with Gasteiger partial charge in [-0.05, 0) is 58.8 Å². The Morgan fingerprint density at radius 1 is 0.532 bits per heavy atom. The first kappa shape index (κ1) is 36.5. The lowest BCUT2D eigenvalue weighted by Crippen LogP contribution is -2.90. The molecular weight excluding hydrogens is 725 g/mol. The van der Waals surface area contributed by atoms with Gasteiger partial charge in [0.15, 0.2) is 0 Å². The van der Waals surface area contributed by atoms with Crippen LogP contribution in [0.15, 0.2) is 99.6 Å². The van der Waals surface area contributed by atoms with Crippen LogP contribution in [0.2, 0.25) is 0 Å². The van der Waals surface area contributed by atoms with Gasteiger partial charge in [0.25, 0.3) is 0 Å². The molecule has 1 N–H and O–H groups in total. The van der Waals surface area contributed by atoms with Crippen molar-refractivity contribution in [1.29, 1.82) is 0 Å². The minimum absolute atomic E-state index is 0.603. The normalized spacial score (nSPS) is 26.0. The van der Waals surface area contributed by atoms with E-state index in [0.29, 0.717) is 0 Å². The third-order valence-corrected chi connectivity index (χ3v) is 12.6. The van der Waals surface area contributed by atoms with Crippen molar-refractivity contribution in [2.24, 2.45) is 0 Å². The average Bonchev–Trinajstić information content (AvgIpc) is 2.98. The molecule has 47 heavy (non-hydrogen) atoms. The topological polar surface area (TPSA) is 63.6 Å². The Bertz CT molecular complexity index is 1660. The summed E-state index contributed by atoms with van der Waals surface area (Å²) in [6.45, 7) is 0. The number of alkyl halides is 15. The number of hydrogen-bond donors (Lipinski definition) is 1. The Morgan fingerprint density at radius 3 is 1.21 bits per heavy atom. The van der Waals surface area contributed by atoms with Crippen LogP contribution < -0.4 is 0 Å². The second-order valence-electron chi connectivity index (χ2n) is 9.82. The molecule has 4 rings (SSSR count). The quantitative estimate of drug-likeness (QED) is 0.246. The van der Waals surface area contributed by atoms with Crippen molar-refractivity contribution in [2.75, 3.05) is 0 Å². The van der Waals surface area contributed by atoms with Crippen molar-refractivity contribution < 1.29 is 83.0 Å². The highest BCUT2D eigenvalue weighted by Gasteiger charge is 3.08. The van der Waals surface area contributed by atoms with Crippen molar-refractivity contribution >= 4 is 20.4 Å². The van der Waals surface area contributed by atoms with Crippen LogP contribution >= 0.6 is 10.3 Å². The standard InChI is InChI=1S/C26H15F15O4S2/c27-19(22(32,33)26(39,40)41)20(28,29)23(34,35)25(38,24(36,37)21(19,30)31)47(43,44)45-46(16-7-3-1-4-8-16,17-9-5-2-6-10-17)18-13-11-15(42)12-14-18/h1-14,42H. The lowest BCUT2D eigenvalue weighted by Gasteiger charge is -2.56. The number of hydrogen-bond acceptors (Lipinski definition) is 4. The van der Waals surface area contributed by atoms with Gasteiger partial charge in [-0.2, -0.15) is 65.5 Å². The van der Waals surface area contributed by atoms with E-state index in [1.54, 1.807) is 0 Å². The van der Waals surface area contributed by atoms with Crippen LogP contribution in [-0.4, -0.2) is 60.0 Å². The van der Waals surface area contributed by atoms with Crippen molar-refractivity contribution in [2.45, 2.75) is 61.1 Å². The van der Waals surface area contributed by atoms with Gasteiger partial charge in [0.2, 0.25) is 0 Å². The molecule has 1 aliphatic rings. The van der Waals surface area contributed by atoms with Crippen LogP contribution in [0.5, 0.6) is 5.75 Å². The van der Waals surface area contributed by atoms with Gasteiger partial charge in [0.1, 0.15) is 5.75 Å². The van der Waals surface area contributed by atoms with Crippen molar-refractivity contribution in [3.63, 3.8) is 0 Å².